The third-order valence-electron chi connectivity index (χ3n) is 2.80. The van der Waals surface area contributed by atoms with Crippen LogP contribution in [0.1, 0.15) is 20.7 Å². The van der Waals surface area contributed by atoms with Crippen LogP contribution in [0.2, 0.25) is 10.0 Å². The normalized spacial score (nSPS) is 14.3. The summed E-state index contributed by atoms with van der Waals surface area (Å²) in [6, 6.07) is 2.71. The number of carbonyl (C=O) groups excluding carboxylic acids is 3. The molecule has 1 aromatic carbocycles. The number of hydrogen-bond acceptors (Lipinski definition) is 4. The number of fused-ring (bicyclic) bond motifs is 1. The number of ketones is 2. The van der Waals surface area contributed by atoms with Crippen molar-refractivity contribution in [1.29, 1.82) is 0 Å². The molecule has 20 heavy (non-hydrogen) atoms. The van der Waals surface area contributed by atoms with Gasteiger partial charge in [0.1, 0.15) is 6.54 Å². The molecule has 0 saturated heterocycles. The van der Waals surface area contributed by atoms with Gasteiger partial charge in [0.25, 0.3) is 0 Å². The van der Waals surface area contributed by atoms with Crippen molar-refractivity contribution in [3.05, 3.63) is 33.3 Å². The second kappa shape index (κ2) is 5.22. The third kappa shape index (κ3) is 2.28. The number of aliphatic carboxylic acids is 1. The van der Waals surface area contributed by atoms with Gasteiger partial charge in [0.15, 0.2) is 17.5 Å². The Morgan fingerprint density at radius 1 is 1.10 bits per heavy atom. The molecule has 1 aliphatic carbocycles. The molecule has 0 aliphatic heterocycles. The first-order chi connectivity index (χ1) is 9.34. The van der Waals surface area contributed by atoms with Crippen molar-refractivity contribution in [1.82, 2.24) is 5.32 Å². The maximum Gasteiger partial charge on any atom is 0.322 e. The molecule has 104 valence electrons. The number of carbonyl (C=O) groups is 4. The SMILES string of the molecule is O=C(O)CNC(=O)C1C(=O)c2c(Cl)ccc(Cl)c2C1=O. The van der Waals surface area contributed by atoms with Gasteiger partial charge in [-0.1, -0.05) is 23.2 Å². The topological polar surface area (TPSA) is 101 Å². The highest BCUT2D eigenvalue weighted by Gasteiger charge is 2.45. The average Bonchev–Trinajstić information content (AvgIpc) is 2.64. The summed E-state index contributed by atoms with van der Waals surface area (Å²) in [7, 11) is 0. The molecule has 0 aromatic heterocycles. The summed E-state index contributed by atoms with van der Waals surface area (Å²) in [5, 5.41) is 10.5. The summed E-state index contributed by atoms with van der Waals surface area (Å²) >= 11 is 11.7. The van der Waals surface area contributed by atoms with E-state index in [1.807, 2.05) is 5.32 Å². The van der Waals surface area contributed by atoms with Crippen molar-refractivity contribution >= 4 is 46.6 Å². The second-order valence-corrected chi connectivity index (χ2v) is 4.87. The van der Waals surface area contributed by atoms with E-state index in [-0.39, 0.29) is 21.2 Å². The molecular formula is C12H7Cl2NO5. The molecule has 1 aliphatic rings. The van der Waals surface area contributed by atoms with Crippen LogP contribution in [0.25, 0.3) is 0 Å². The maximum atomic E-state index is 12.1. The molecule has 0 unspecified atom stereocenters. The summed E-state index contributed by atoms with van der Waals surface area (Å²) < 4.78 is 0. The van der Waals surface area contributed by atoms with Crippen LogP contribution in [0.15, 0.2) is 12.1 Å². The predicted molar refractivity (Wildman–Crippen MR) is 69.3 cm³/mol. The Morgan fingerprint density at radius 3 is 1.95 bits per heavy atom. The Morgan fingerprint density at radius 2 is 1.55 bits per heavy atom. The molecule has 0 atom stereocenters. The Bertz CT molecular complexity index is 614. The Labute approximate surface area is 122 Å². The number of hydrogen-bond donors (Lipinski definition) is 2. The van der Waals surface area contributed by atoms with E-state index in [1.54, 1.807) is 0 Å². The molecule has 0 saturated carbocycles. The average molecular weight is 316 g/mol. The summed E-state index contributed by atoms with van der Waals surface area (Å²) in [6.07, 6.45) is 0. The maximum absolute atomic E-state index is 12.1. The van der Waals surface area contributed by atoms with Crippen LogP contribution in [-0.4, -0.2) is 35.1 Å². The van der Waals surface area contributed by atoms with Gasteiger partial charge in [0, 0.05) is 11.1 Å². The van der Waals surface area contributed by atoms with E-state index >= 15 is 0 Å². The van der Waals surface area contributed by atoms with Gasteiger partial charge in [0.05, 0.1) is 10.0 Å². The lowest BCUT2D eigenvalue weighted by Gasteiger charge is -2.06. The highest BCUT2D eigenvalue weighted by Crippen LogP contribution is 2.36. The van der Waals surface area contributed by atoms with E-state index < -0.39 is 35.9 Å². The molecule has 6 nitrogen and oxygen atoms in total. The van der Waals surface area contributed by atoms with Crippen LogP contribution < -0.4 is 5.32 Å². The van der Waals surface area contributed by atoms with E-state index in [0.29, 0.717) is 0 Å². The van der Waals surface area contributed by atoms with Crippen LogP contribution in [0.4, 0.5) is 0 Å². The smallest absolute Gasteiger partial charge is 0.322 e. The van der Waals surface area contributed by atoms with Crippen molar-refractivity contribution in [3.8, 4) is 0 Å². The van der Waals surface area contributed by atoms with Crippen LogP contribution in [-0.2, 0) is 9.59 Å². The van der Waals surface area contributed by atoms with Crippen molar-refractivity contribution in [2.24, 2.45) is 5.92 Å². The fourth-order valence-electron chi connectivity index (χ4n) is 1.94. The van der Waals surface area contributed by atoms with Crippen molar-refractivity contribution < 1.29 is 24.3 Å². The second-order valence-electron chi connectivity index (χ2n) is 4.05. The van der Waals surface area contributed by atoms with Gasteiger partial charge in [-0.25, -0.2) is 0 Å². The number of rotatable bonds is 3. The van der Waals surface area contributed by atoms with Crippen LogP contribution >= 0.6 is 23.2 Å². The van der Waals surface area contributed by atoms with Gasteiger partial charge in [-0.3, -0.25) is 19.2 Å². The zero-order valence-electron chi connectivity index (χ0n) is 9.78. The Kier molecular flexibility index (Phi) is 3.78. The van der Waals surface area contributed by atoms with E-state index in [0.717, 1.165) is 0 Å². The summed E-state index contributed by atoms with van der Waals surface area (Å²) in [4.78, 5) is 46.3. The number of halogens is 2. The fraction of sp³-hybridized carbons (Fsp3) is 0.167. The molecule has 1 aromatic rings. The molecule has 0 heterocycles. The van der Waals surface area contributed by atoms with Crippen LogP contribution in [0, 0.1) is 5.92 Å². The van der Waals surface area contributed by atoms with Gasteiger partial charge >= 0.3 is 5.97 Å². The summed E-state index contributed by atoms with van der Waals surface area (Å²) in [5.41, 5.74) is -0.195. The first kappa shape index (κ1) is 14.5. The molecular weight excluding hydrogens is 309 g/mol. The lowest BCUT2D eigenvalue weighted by Crippen LogP contribution is -2.39. The number of carboxylic acids is 1. The molecule has 1 amide bonds. The molecule has 2 rings (SSSR count). The molecule has 0 radical (unpaired) electrons. The highest BCUT2D eigenvalue weighted by molar-refractivity contribution is 6.46. The van der Waals surface area contributed by atoms with Crippen molar-refractivity contribution in [3.63, 3.8) is 0 Å². The minimum atomic E-state index is -1.64. The van der Waals surface area contributed by atoms with Gasteiger partial charge in [-0.05, 0) is 12.1 Å². The van der Waals surface area contributed by atoms with Crippen molar-refractivity contribution in [2.75, 3.05) is 6.54 Å². The van der Waals surface area contributed by atoms with Gasteiger partial charge in [-0.2, -0.15) is 0 Å². The largest absolute Gasteiger partial charge is 0.480 e. The molecule has 0 spiro atoms. The number of benzene rings is 1. The number of nitrogens with one attached hydrogen (secondary N) is 1. The van der Waals surface area contributed by atoms with Crippen LogP contribution in [0.3, 0.4) is 0 Å². The standard InChI is InChI=1S/C12H7Cl2NO5/c13-4-1-2-5(14)8-7(4)10(18)9(11(8)19)12(20)15-3-6(16)17/h1-2,9H,3H2,(H,15,20)(H,16,17). The van der Waals surface area contributed by atoms with Crippen LogP contribution in [0.5, 0.6) is 0 Å². The van der Waals surface area contributed by atoms with Gasteiger partial charge in [0.2, 0.25) is 5.91 Å². The molecule has 0 fully saturated rings. The highest BCUT2D eigenvalue weighted by atomic mass is 35.5. The number of Topliss-reactive ketones (excluding diaryl/α,β-unsaturated/α-hetero) is 2. The van der Waals surface area contributed by atoms with E-state index in [4.69, 9.17) is 28.3 Å². The first-order valence-electron chi connectivity index (χ1n) is 5.40. The summed E-state index contributed by atoms with van der Waals surface area (Å²) in [5.74, 6) is -5.46. The minimum Gasteiger partial charge on any atom is -0.480 e. The zero-order valence-corrected chi connectivity index (χ0v) is 11.3. The first-order valence-corrected chi connectivity index (χ1v) is 6.16. The number of carboxylic acid groups (broad SMARTS) is 1. The Balaban J connectivity index is 2.38. The molecule has 0 bridgehead atoms. The van der Waals surface area contributed by atoms with E-state index in [2.05, 4.69) is 0 Å². The summed E-state index contributed by atoms with van der Waals surface area (Å²) in [6.45, 7) is -0.687. The quantitative estimate of drug-likeness (QED) is 0.816. The van der Waals surface area contributed by atoms with Crippen molar-refractivity contribution in [2.45, 2.75) is 0 Å². The van der Waals surface area contributed by atoms with E-state index in [9.17, 15) is 19.2 Å². The fourth-order valence-corrected chi connectivity index (χ4v) is 2.45. The monoisotopic (exact) mass is 315 g/mol. The lowest BCUT2D eigenvalue weighted by atomic mass is 10.0. The van der Waals surface area contributed by atoms with Gasteiger partial charge < -0.3 is 10.4 Å². The molecule has 8 heteroatoms. The minimum absolute atomic E-state index is 0.0243. The van der Waals surface area contributed by atoms with Gasteiger partial charge in [-0.15, -0.1) is 0 Å². The third-order valence-corrected chi connectivity index (χ3v) is 3.43. The number of amides is 1. The lowest BCUT2D eigenvalue weighted by molar-refractivity contribution is -0.138. The van der Waals surface area contributed by atoms with E-state index in [1.165, 1.54) is 12.1 Å². The predicted octanol–water partition coefficient (Wildman–Crippen LogP) is 1.19. The molecule has 2 N–H and O–H groups in total. The zero-order chi connectivity index (χ0) is 15.0. The Hall–Kier alpha value is -1.92.